The summed E-state index contributed by atoms with van der Waals surface area (Å²) in [4.78, 5) is 4.70. The van der Waals surface area contributed by atoms with E-state index in [0.717, 1.165) is 21.6 Å². The Morgan fingerprint density at radius 2 is 2.20 bits per heavy atom. The summed E-state index contributed by atoms with van der Waals surface area (Å²) < 4.78 is 2.83. The summed E-state index contributed by atoms with van der Waals surface area (Å²) in [6, 6.07) is 5.69. The van der Waals surface area contributed by atoms with Crippen molar-refractivity contribution in [1.82, 2.24) is 9.55 Å². The second-order valence-corrected chi connectivity index (χ2v) is 6.15. The second-order valence-electron chi connectivity index (χ2n) is 4.89. The monoisotopic (exact) mass is 353 g/mol. The summed E-state index contributed by atoms with van der Waals surface area (Å²) in [6.45, 7) is 8.63. The Morgan fingerprint density at radius 3 is 2.75 bits per heavy atom. The first-order chi connectivity index (χ1) is 9.45. The maximum Gasteiger partial charge on any atom is 0.132 e. The zero-order valence-corrected chi connectivity index (χ0v) is 13.9. The molecule has 0 unspecified atom stereocenters. The molecule has 106 valence electrons. The summed E-state index contributed by atoms with van der Waals surface area (Å²) in [5.41, 5.74) is 7.99. The third kappa shape index (κ3) is 2.76. The van der Waals surface area contributed by atoms with Gasteiger partial charge in [-0.3, -0.25) is 0 Å². The van der Waals surface area contributed by atoms with E-state index in [9.17, 15) is 0 Å². The van der Waals surface area contributed by atoms with Gasteiger partial charge in [-0.25, -0.2) is 4.98 Å². The van der Waals surface area contributed by atoms with E-state index in [-0.39, 0.29) is 0 Å². The number of hydrogen-bond donors (Lipinski definition) is 1. The number of hydrogen-bond acceptors (Lipinski definition) is 2. The molecule has 0 atom stereocenters. The molecule has 0 amide bonds. The number of nitrogens with zero attached hydrogens (tertiary/aromatic N) is 2. The molecule has 0 aliphatic heterocycles. The highest BCUT2D eigenvalue weighted by Crippen LogP contribution is 2.33. The molecule has 0 aliphatic rings. The summed E-state index contributed by atoms with van der Waals surface area (Å²) in [7, 11) is 0. The minimum absolute atomic E-state index is 0.293. The maximum absolute atomic E-state index is 6.25. The number of imidazole rings is 1. The number of allylic oxidation sites excluding steroid dienone is 1. The van der Waals surface area contributed by atoms with E-state index in [1.807, 2.05) is 28.8 Å². The summed E-state index contributed by atoms with van der Waals surface area (Å²) in [6.07, 6.45) is 1.82. The quantitative estimate of drug-likeness (QED) is 0.797. The smallest absolute Gasteiger partial charge is 0.132 e. The molecule has 0 bridgehead atoms. The van der Waals surface area contributed by atoms with Gasteiger partial charge in [0.1, 0.15) is 17.3 Å². The van der Waals surface area contributed by atoms with Crippen molar-refractivity contribution in [2.75, 3.05) is 5.73 Å². The van der Waals surface area contributed by atoms with Crippen molar-refractivity contribution < 1.29 is 0 Å². The van der Waals surface area contributed by atoms with Crippen LogP contribution in [0.5, 0.6) is 0 Å². The normalized spacial score (nSPS) is 11.1. The van der Waals surface area contributed by atoms with Gasteiger partial charge in [0.25, 0.3) is 0 Å². The molecule has 0 fully saturated rings. The van der Waals surface area contributed by atoms with Gasteiger partial charge in [-0.15, -0.1) is 6.58 Å². The zero-order chi connectivity index (χ0) is 14.9. The van der Waals surface area contributed by atoms with Crippen LogP contribution in [0.25, 0.3) is 11.3 Å². The van der Waals surface area contributed by atoms with Crippen LogP contribution in [0, 0.1) is 0 Å². The number of halogens is 2. The van der Waals surface area contributed by atoms with Crippen molar-refractivity contribution in [3.05, 3.63) is 46.2 Å². The molecule has 0 saturated heterocycles. The Labute approximate surface area is 132 Å². The van der Waals surface area contributed by atoms with E-state index >= 15 is 0 Å². The molecule has 0 radical (unpaired) electrons. The fourth-order valence-corrected chi connectivity index (χ4v) is 2.60. The fraction of sp³-hybridized carbons (Fsp3) is 0.267. The second kappa shape index (κ2) is 6.02. The Hall–Kier alpha value is -1.26. The lowest BCUT2D eigenvalue weighted by molar-refractivity contribution is 0.684. The van der Waals surface area contributed by atoms with E-state index in [2.05, 4.69) is 36.4 Å². The van der Waals surface area contributed by atoms with Crippen LogP contribution in [0.3, 0.4) is 0 Å². The number of nitrogen functional groups attached to an aromatic ring is 1. The van der Waals surface area contributed by atoms with Gasteiger partial charge in [-0.2, -0.15) is 0 Å². The Balaban J connectivity index is 2.59. The van der Waals surface area contributed by atoms with Crippen molar-refractivity contribution in [1.29, 1.82) is 0 Å². The number of benzene rings is 1. The van der Waals surface area contributed by atoms with Crippen LogP contribution < -0.4 is 5.73 Å². The van der Waals surface area contributed by atoms with Gasteiger partial charge in [0, 0.05) is 22.5 Å². The molecule has 1 aromatic carbocycles. The van der Waals surface area contributed by atoms with Crippen molar-refractivity contribution in [2.24, 2.45) is 0 Å². The van der Waals surface area contributed by atoms with Crippen molar-refractivity contribution in [3.63, 3.8) is 0 Å². The third-order valence-electron chi connectivity index (χ3n) is 3.06. The lowest BCUT2D eigenvalue weighted by Crippen LogP contribution is -2.07. The van der Waals surface area contributed by atoms with Crippen LogP contribution in [-0.2, 0) is 6.54 Å². The van der Waals surface area contributed by atoms with Crippen LogP contribution >= 0.6 is 27.5 Å². The number of anilines is 1. The van der Waals surface area contributed by atoms with Crippen molar-refractivity contribution in [3.8, 4) is 11.3 Å². The average Bonchev–Trinajstić information content (AvgIpc) is 2.72. The molecule has 0 spiro atoms. The number of rotatable bonds is 4. The lowest BCUT2D eigenvalue weighted by atomic mass is 10.1. The maximum atomic E-state index is 6.25. The molecule has 5 heteroatoms. The molecule has 1 aromatic heterocycles. The van der Waals surface area contributed by atoms with E-state index in [1.54, 1.807) is 0 Å². The van der Waals surface area contributed by atoms with Gasteiger partial charge >= 0.3 is 0 Å². The molecule has 2 N–H and O–H groups in total. The molecule has 1 heterocycles. The Kier molecular flexibility index (Phi) is 4.55. The van der Waals surface area contributed by atoms with Crippen molar-refractivity contribution in [2.45, 2.75) is 26.3 Å². The minimum Gasteiger partial charge on any atom is -0.383 e. The largest absolute Gasteiger partial charge is 0.383 e. The first-order valence-electron chi connectivity index (χ1n) is 6.38. The van der Waals surface area contributed by atoms with Gasteiger partial charge < -0.3 is 10.3 Å². The summed E-state index contributed by atoms with van der Waals surface area (Å²) in [5, 5.41) is 0.668. The van der Waals surface area contributed by atoms with E-state index < -0.39 is 0 Å². The average molecular weight is 355 g/mol. The summed E-state index contributed by atoms with van der Waals surface area (Å²) in [5.74, 6) is 1.91. The van der Waals surface area contributed by atoms with Gasteiger partial charge in [0.2, 0.25) is 0 Å². The van der Waals surface area contributed by atoms with E-state index in [4.69, 9.17) is 22.3 Å². The van der Waals surface area contributed by atoms with Gasteiger partial charge in [0.05, 0.1) is 5.02 Å². The fourth-order valence-electron chi connectivity index (χ4n) is 2.10. The third-order valence-corrected chi connectivity index (χ3v) is 4.27. The molecule has 20 heavy (non-hydrogen) atoms. The minimum atomic E-state index is 0.293. The standard InChI is InChI=1S/C15H17BrClN3/c1-4-7-20-14(18)13(19-15(20)9(2)3)10-5-6-12(17)11(16)8-10/h4-6,8-9H,1,7,18H2,2-3H3. The highest BCUT2D eigenvalue weighted by Gasteiger charge is 2.18. The first kappa shape index (κ1) is 15.1. The van der Waals surface area contributed by atoms with E-state index in [0.29, 0.717) is 23.3 Å². The van der Waals surface area contributed by atoms with Crippen LogP contribution in [-0.4, -0.2) is 9.55 Å². The molecular weight excluding hydrogens is 338 g/mol. The molecule has 3 nitrogen and oxygen atoms in total. The van der Waals surface area contributed by atoms with Crippen LogP contribution in [0.4, 0.5) is 5.82 Å². The molecule has 2 aromatic rings. The topological polar surface area (TPSA) is 43.8 Å². The summed E-state index contributed by atoms with van der Waals surface area (Å²) >= 11 is 9.46. The molecule has 2 rings (SSSR count). The number of aromatic nitrogens is 2. The van der Waals surface area contributed by atoms with Crippen molar-refractivity contribution >= 4 is 33.3 Å². The highest BCUT2D eigenvalue weighted by molar-refractivity contribution is 9.10. The lowest BCUT2D eigenvalue weighted by Gasteiger charge is -2.09. The van der Waals surface area contributed by atoms with Gasteiger partial charge in [-0.05, 0) is 28.1 Å². The predicted octanol–water partition coefficient (Wildman–Crippen LogP) is 4.86. The zero-order valence-electron chi connectivity index (χ0n) is 11.5. The van der Waals surface area contributed by atoms with E-state index in [1.165, 1.54) is 0 Å². The Morgan fingerprint density at radius 1 is 1.50 bits per heavy atom. The predicted molar refractivity (Wildman–Crippen MR) is 89.1 cm³/mol. The van der Waals surface area contributed by atoms with Gasteiger partial charge in [-0.1, -0.05) is 37.6 Å². The number of nitrogens with two attached hydrogens (primary N) is 1. The first-order valence-corrected chi connectivity index (χ1v) is 7.55. The van der Waals surface area contributed by atoms with Crippen LogP contribution in [0.2, 0.25) is 5.02 Å². The van der Waals surface area contributed by atoms with Crippen LogP contribution in [0.15, 0.2) is 35.3 Å². The highest BCUT2D eigenvalue weighted by atomic mass is 79.9. The SMILES string of the molecule is C=CCn1c(C(C)C)nc(-c2ccc(Cl)c(Br)c2)c1N. The Bertz CT molecular complexity index is 647. The van der Waals surface area contributed by atoms with Gasteiger partial charge in [0.15, 0.2) is 0 Å². The molecular formula is C15H17BrClN3. The van der Waals surface area contributed by atoms with Crippen LogP contribution in [0.1, 0.15) is 25.6 Å². The molecule has 0 saturated carbocycles. The molecule has 0 aliphatic carbocycles.